The number of aromatic nitrogens is 2. The molecule has 1 N–H and O–H groups in total. The van der Waals surface area contributed by atoms with Gasteiger partial charge in [-0.1, -0.05) is 35.5 Å². The van der Waals surface area contributed by atoms with E-state index in [2.05, 4.69) is 4.98 Å². The molecule has 0 saturated carbocycles. The minimum absolute atomic E-state index is 0.214. The largest absolute Gasteiger partial charge is 0.493 e. The van der Waals surface area contributed by atoms with Crippen molar-refractivity contribution in [2.75, 3.05) is 14.2 Å². The molecule has 0 fully saturated rings. The van der Waals surface area contributed by atoms with Crippen LogP contribution in [0.15, 0.2) is 65.8 Å². The number of thioether (sulfide) groups is 1. The third-order valence-electron chi connectivity index (χ3n) is 5.31. The Balaban J connectivity index is 1.80. The maximum Gasteiger partial charge on any atom is 0.174 e. The number of nitrogens with zero attached hydrogens (tertiary/aromatic N) is 2. The number of hydrogen-bond acceptors (Lipinski definition) is 5. The van der Waals surface area contributed by atoms with Crippen LogP contribution < -0.4 is 9.47 Å². The molecule has 1 aromatic heterocycles. The van der Waals surface area contributed by atoms with Gasteiger partial charge in [-0.2, -0.15) is 0 Å². The molecule has 0 bridgehead atoms. The monoisotopic (exact) mass is 628 g/mol. The molecular formula is C25H20ClF2IN2O3S. The van der Waals surface area contributed by atoms with E-state index in [1.165, 1.54) is 44.2 Å². The quantitative estimate of drug-likeness (QED) is 0.172. The van der Waals surface area contributed by atoms with Crippen molar-refractivity contribution in [3.63, 3.8) is 0 Å². The van der Waals surface area contributed by atoms with Crippen LogP contribution in [0.25, 0.3) is 5.69 Å². The van der Waals surface area contributed by atoms with Gasteiger partial charge in [-0.25, -0.2) is 13.8 Å². The van der Waals surface area contributed by atoms with Gasteiger partial charge in [0.2, 0.25) is 0 Å². The molecule has 1 unspecified atom stereocenters. The Bertz CT molecular complexity index is 1330. The lowest BCUT2D eigenvalue weighted by Gasteiger charge is -2.18. The Labute approximate surface area is 224 Å². The number of benzene rings is 3. The molecule has 35 heavy (non-hydrogen) atoms. The maximum atomic E-state index is 14.4. The van der Waals surface area contributed by atoms with Crippen LogP contribution in [0.1, 0.15) is 22.9 Å². The van der Waals surface area contributed by atoms with E-state index < -0.39 is 17.7 Å². The number of ether oxygens (including phenoxy) is 2. The molecule has 3 aromatic carbocycles. The summed E-state index contributed by atoms with van der Waals surface area (Å²) in [5, 5.41) is 12.2. The molecule has 10 heteroatoms. The lowest BCUT2D eigenvalue weighted by molar-refractivity contribution is 0.211. The Morgan fingerprint density at radius 3 is 2.43 bits per heavy atom. The maximum absolute atomic E-state index is 14.4. The van der Waals surface area contributed by atoms with Gasteiger partial charge < -0.3 is 14.6 Å². The first kappa shape index (κ1) is 25.7. The predicted molar refractivity (Wildman–Crippen MR) is 141 cm³/mol. The van der Waals surface area contributed by atoms with Crippen molar-refractivity contribution in [1.29, 1.82) is 0 Å². The summed E-state index contributed by atoms with van der Waals surface area (Å²) in [7, 11) is 3.05. The standard InChI is InChI=1S/C25H20ClF2IN2O3S/c1-33-20-11-6-14(12-21(20)34-2)23(32)22-24(29)30-25(31(22)16-9-7-15(27)8-10-16)35-13-17-18(26)4-3-5-19(17)28/h3-12,23,32H,13H2,1-2H3. The van der Waals surface area contributed by atoms with Crippen LogP contribution in [0.4, 0.5) is 8.78 Å². The molecule has 4 rings (SSSR count). The van der Waals surface area contributed by atoms with E-state index in [1.807, 2.05) is 22.6 Å². The minimum atomic E-state index is -1.09. The van der Waals surface area contributed by atoms with E-state index >= 15 is 0 Å². The molecule has 1 heterocycles. The van der Waals surface area contributed by atoms with E-state index in [1.54, 1.807) is 47.0 Å². The highest BCUT2D eigenvalue weighted by Gasteiger charge is 2.26. The molecule has 0 spiro atoms. The number of halogens is 4. The fourth-order valence-corrected chi connectivity index (χ4v) is 5.84. The average molecular weight is 629 g/mol. The van der Waals surface area contributed by atoms with E-state index in [-0.39, 0.29) is 5.75 Å². The molecule has 0 amide bonds. The van der Waals surface area contributed by atoms with E-state index in [4.69, 9.17) is 21.1 Å². The van der Waals surface area contributed by atoms with Gasteiger partial charge in [0.25, 0.3) is 0 Å². The summed E-state index contributed by atoms with van der Waals surface area (Å²) >= 11 is 9.51. The van der Waals surface area contributed by atoms with Gasteiger partial charge >= 0.3 is 0 Å². The Hall–Kier alpha value is -2.34. The van der Waals surface area contributed by atoms with Gasteiger partial charge in [0, 0.05) is 22.0 Å². The van der Waals surface area contributed by atoms with Crippen LogP contribution in [0, 0.1) is 15.3 Å². The summed E-state index contributed by atoms with van der Waals surface area (Å²) in [6.07, 6.45) is -1.09. The second-order valence-corrected chi connectivity index (χ2v) is 9.76. The van der Waals surface area contributed by atoms with Crippen molar-refractivity contribution < 1.29 is 23.4 Å². The SMILES string of the molecule is COc1ccc(C(O)c2c(I)nc(SCc3c(F)cccc3Cl)n2-c2ccc(F)cc2)cc1OC. The number of rotatable bonds is 8. The zero-order valence-electron chi connectivity index (χ0n) is 18.6. The van der Waals surface area contributed by atoms with E-state index in [0.29, 0.717) is 47.9 Å². The summed E-state index contributed by atoms with van der Waals surface area (Å²) < 4.78 is 41.0. The van der Waals surface area contributed by atoms with Gasteiger partial charge in [0.05, 0.1) is 19.9 Å². The molecule has 1 atom stereocenters. The van der Waals surface area contributed by atoms with Crippen molar-refractivity contribution >= 4 is 46.0 Å². The fraction of sp³-hybridized carbons (Fsp3) is 0.160. The van der Waals surface area contributed by atoms with Gasteiger partial charge in [0.15, 0.2) is 16.7 Å². The third kappa shape index (κ3) is 5.42. The van der Waals surface area contributed by atoms with Crippen molar-refractivity contribution in [3.05, 3.63) is 97.8 Å². The first-order valence-corrected chi connectivity index (χ1v) is 12.8. The first-order valence-electron chi connectivity index (χ1n) is 10.3. The minimum Gasteiger partial charge on any atom is -0.493 e. The predicted octanol–water partition coefficient (Wildman–Crippen LogP) is 6.80. The molecule has 0 saturated heterocycles. The zero-order chi connectivity index (χ0) is 25.1. The summed E-state index contributed by atoms with van der Waals surface area (Å²) in [5.74, 6) is 0.410. The molecule has 0 aliphatic heterocycles. The number of methoxy groups -OCH3 is 2. The Morgan fingerprint density at radius 2 is 1.77 bits per heavy atom. The molecular weight excluding hydrogens is 609 g/mol. The average Bonchev–Trinajstić information content (AvgIpc) is 3.19. The van der Waals surface area contributed by atoms with Crippen LogP contribution in [-0.4, -0.2) is 28.9 Å². The van der Waals surface area contributed by atoms with Crippen LogP contribution in [0.3, 0.4) is 0 Å². The summed E-state index contributed by atoms with van der Waals surface area (Å²) in [6, 6.07) is 15.5. The van der Waals surface area contributed by atoms with Gasteiger partial charge in [-0.15, -0.1) is 0 Å². The number of aliphatic hydroxyl groups is 1. The Morgan fingerprint density at radius 1 is 1.06 bits per heavy atom. The van der Waals surface area contributed by atoms with Crippen molar-refractivity contribution in [1.82, 2.24) is 9.55 Å². The molecule has 182 valence electrons. The topological polar surface area (TPSA) is 56.5 Å². The summed E-state index contributed by atoms with van der Waals surface area (Å²) in [6.45, 7) is 0. The Kier molecular flexibility index (Phi) is 8.20. The normalized spacial score (nSPS) is 12.0. The van der Waals surface area contributed by atoms with Gasteiger partial charge in [-0.3, -0.25) is 4.57 Å². The number of imidazole rings is 1. The smallest absolute Gasteiger partial charge is 0.174 e. The molecule has 5 nitrogen and oxygen atoms in total. The zero-order valence-corrected chi connectivity index (χ0v) is 22.4. The molecule has 0 radical (unpaired) electrons. The van der Waals surface area contributed by atoms with E-state index in [9.17, 15) is 13.9 Å². The van der Waals surface area contributed by atoms with Crippen LogP contribution in [0.2, 0.25) is 5.02 Å². The fourth-order valence-electron chi connectivity index (χ4n) is 3.55. The van der Waals surface area contributed by atoms with Gasteiger partial charge in [-0.05, 0) is 76.7 Å². The van der Waals surface area contributed by atoms with Crippen molar-refractivity contribution in [3.8, 4) is 17.2 Å². The number of hydrogen-bond donors (Lipinski definition) is 1. The van der Waals surface area contributed by atoms with Crippen LogP contribution >= 0.6 is 46.0 Å². The molecule has 0 aliphatic rings. The van der Waals surface area contributed by atoms with Crippen molar-refractivity contribution in [2.45, 2.75) is 17.0 Å². The molecule has 4 aromatic rings. The third-order valence-corrected chi connectivity index (χ3v) is 7.42. The summed E-state index contributed by atoms with van der Waals surface area (Å²) in [5.41, 5.74) is 1.98. The second-order valence-electron chi connectivity index (χ2n) is 7.39. The lowest BCUT2D eigenvalue weighted by Crippen LogP contribution is -2.10. The van der Waals surface area contributed by atoms with Crippen LogP contribution in [-0.2, 0) is 5.75 Å². The number of aliphatic hydroxyl groups excluding tert-OH is 1. The highest BCUT2D eigenvalue weighted by Crippen LogP contribution is 2.38. The van der Waals surface area contributed by atoms with E-state index in [0.717, 1.165) is 0 Å². The van der Waals surface area contributed by atoms with Crippen LogP contribution in [0.5, 0.6) is 11.5 Å². The van der Waals surface area contributed by atoms with Crippen molar-refractivity contribution in [2.24, 2.45) is 0 Å². The molecule has 0 aliphatic carbocycles. The second kappa shape index (κ2) is 11.2. The first-order chi connectivity index (χ1) is 16.8. The summed E-state index contributed by atoms with van der Waals surface area (Å²) in [4.78, 5) is 4.64. The van der Waals surface area contributed by atoms with Gasteiger partial charge in [0.1, 0.15) is 21.4 Å². The lowest BCUT2D eigenvalue weighted by atomic mass is 10.1. The highest BCUT2D eigenvalue weighted by molar-refractivity contribution is 14.1. The highest BCUT2D eigenvalue weighted by atomic mass is 127.